The Balaban J connectivity index is 2.58. The van der Waals surface area contributed by atoms with Gasteiger partial charge in [0.15, 0.2) is 0 Å². The monoisotopic (exact) mass is 401 g/mol. The van der Waals surface area contributed by atoms with Crippen molar-refractivity contribution in [1.29, 1.82) is 0 Å². The third kappa shape index (κ3) is 7.76. The van der Waals surface area contributed by atoms with Crippen molar-refractivity contribution in [3.63, 3.8) is 0 Å². The van der Waals surface area contributed by atoms with Gasteiger partial charge >= 0.3 is 0 Å². The third-order valence-electron chi connectivity index (χ3n) is 4.47. The van der Waals surface area contributed by atoms with Crippen molar-refractivity contribution in [2.45, 2.75) is 50.6 Å². The highest BCUT2D eigenvalue weighted by atomic mass is 32.1. The first kappa shape index (κ1) is 23.2. The highest BCUT2D eigenvalue weighted by Crippen LogP contribution is 2.17. The van der Waals surface area contributed by atoms with E-state index in [-0.39, 0.29) is 30.7 Å². The average molecular weight is 402 g/mol. The Labute approximate surface area is 165 Å². The molecule has 0 aliphatic carbocycles. The predicted octanol–water partition coefficient (Wildman–Crippen LogP) is -1.23. The lowest BCUT2D eigenvalue weighted by Crippen LogP contribution is -2.51. The van der Waals surface area contributed by atoms with Crippen molar-refractivity contribution < 1.29 is 19.2 Å². The molecule has 0 aromatic rings. The second-order valence-corrected chi connectivity index (χ2v) is 6.90. The molecule has 0 aromatic carbocycles. The van der Waals surface area contributed by atoms with Gasteiger partial charge in [0.05, 0.1) is 6.54 Å². The van der Waals surface area contributed by atoms with E-state index in [1.54, 1.807) is 0 Å². The molecule has 0 spiro atoms. The molecular formula is C17H31N5O4S. The summed E-state index contributed by atoms with van der Waals surface area (Å²) in [4.78, 5) is 50.0. The van der Waals surface area contributed by atoms with Gasteiger partial charge in [-0.3, -0.25) is 19.2 Å². The summed E-state index contributed by atoms with van der Waals surface area (Å²) < 4.78 is 0. The number of likely N-dealkylation sites (tertiary alicyclic amines) is 1. The highest BCUT2D eigenvalue weighted by Gasteiger charge is 2.33. The molecule has 9 nitrogen and oxygen atoms in total. The zero-order valence-corrected chi connectivity index (χ0v) is 16.7. The number of unbranched alkanes of at least 4 members (excludes halogenated alkanes) is 1. The van der Waals surface area contributed by atoms with Crippen molar-refractivity contribution in [1.82, 2.24) is 20.9 Å². The van der Waals surface area contributed by atoms with E-state index in [9.17, 15) is 19.2 Å². The highest BCUT2D eigenvalue weighted by molar-refractivity contribution is 7.80. The Bertz CT molecular complexity index is 531. The molecule has 1 fully saturated rings. The standard InChI is InChI=1S/C17H31N5O4S/c1-19-17(26)13-6-4-9-22(13)15(24)11-20-16(25)12(5-2-3-8-18)21-14(23)7-10-27/h12-13,27H,2-11,18H2,1H3,(H,19,26)(H,20,25)(H,21,23)/t12-,13-/m0/s1. The fraction of sp³-hybridized carbons (Fsp3) is 0.765. The second kappa shape index (κ2) is 12.6. The number of amides is 4. The fourth-order valence-corrected chi connectivity index (χ4v) is 3.22. The van der Waals surface area contributed by atoms with E-state index in [4.69, 9.17) is 5.73 Å². The molecule has 27 heavy (non-hydrogen) atoms. The molecule has 0 saturated carbocycles. The zero-order chi connectivity index (χ0) is 20.2. The number of hydrogen-bond acceptors (Lipinski definition) is 6. The van der Waals surface area contributed by atoms with Crippen LogP contribution in [0.4, 0.5) is 0 Å². The van der Waals surface area contributed by atoms with Gasteiger partial charge in [-0.1, -0.05) is 0 Å². The molecule has 0 unspecified atom stereocenters. The molecule has 2 atom stereocenters. The van der Waals surface area contributed by atoms with Gasteiger partial charge in [-0.15, -0.1) is 0 Å². The largest absolute Gasteiger partial charge is 0.357 e. The quantitative estimate of drug-likeness (QED) is 0.218. The van der Waals surface area contributed by atoms with E-state index < -0.39 is 18.0 Å². The van der Waals surface area contributed by atoms with Crippen LogP contribution in [0, 0.1) is 0 Å². The molecule has 1 saturated heterocycles. The SMILES string of the molecule is CNC(=O)[C@@H]1CCCN1C(=O)CNC(=O)[C@H](CCCCN)NC(=O)CCS. The van der Waals surface area contributed by atoms with Gasteiger partial charge in [-0.2, -0.15) is 12.6 Å². The summed E-state index contributed by atoms with van der Waals surface area (Å²) >= 11 is 4.01. The number of nitrogens with one attached hydrogen (secondary N) is 3. The summed E-state index contributed by atoms with van der Waals surface area (Å²) in [5, 5.41) is 7.81. The molecule has 0 radical (unpaired) electrons. The summed E-state index contributed by atoms with van der Waals surface area (Å²) in [7, 11) is 1.53. The van der Waals surface area contributed by atoms with Crippen molar-refractivity contribution in [2.24, 2.45) is 5.73 Å². The van der Waals surface area contributed by atoms with Crippen LogP contribution in [-0.2, 0) is 19.2 Å². The van der Waals surface area contributed by atoms with E-state index in [2.05, 4.69) is 28.6 Å². The maximum atomic E-state index is 12.4. The van der Waals surface area contributed by atoms with Gasteiger partial charge in [-0.05, 0) is 44.4 Å². The summed E-state index contributed by atoms with van der Waals surface area (Å²) in [6.45, 7) is 0.792. The van der Waals surface area contributed by atoms with Crippen molar-refractivity contribution >= 4 is 36.3 Å². The maximum Gasteiger partial charge on any atom is 0.243 e. The van der Waals surface area contributed by atoms with E-state index >= 15 is 0 Å². The van der Waals surface area contributed by atoms with Crippen molar-refractivity contribution in [3.05, 3.63) is 0 Å². The Kier molecular flexibility index (Phi) is 10.8. The molecule has 1 rings (SSSR count). The smallest absolute Gasteiger partial charge is 0.243 e. The lowest BCUT2D eigenvalue weighted by Gasteiger charge is -2.24. The Hall–Kier alpha value is -1.81. The van der Waals surface area contributed by atoms with Crippen LogP contribution in [0.15, 0.2) is 0 Å². The van der Waals surface area contributed by atoms with Crippen LogP contribution in [0.5, 0.6) is 0 Å². The van der Waals surface area contributed by atoms with E-state index in [0.717, 1.165) is 12.8 Å². The van der Waals surface area contributed by atoms with Gasteiger partial charge in [0.1, 0.15) is 12.1 Å². The molecule has 1 aliphatic heterocycles. The van der Waals surface area contributed by atoms with Crippen LogP contribution in [0.3, 0.4) is 0 Å². The Morgan fingerprint density at radius 3 is 2.63 bits per heavy atom. The van der Waals surface area contributed by atoms with E-state index in [1.807, 2.05) is 0 Å². The van der Waals surface area contributed by atoms with Crippen LogP contribution in [0.1, 0.15) is 38.5 Å². The van der Waals surface area contributed by atoms with Gasteiger partial charge in [0.25, 0.3) is 0 Å². The van der Waals surface area contributed by atoms with Crippen LogP contribution < -0.4 is 21.7 Å². The second-order valence-electron chi connectivity index (χ2n) is 6.46. The van der Waals surface area contributed by atoms with Crippen LogP contribution in [0.25, 0.3) is 0 Å². The number of nitrogens with zero attached hydrogens (tertiary/aromatic N) is 1. The summed E-state index contributed by atoms with van der Waals surface area (Å²) in [5.74, 6) is -0.799. The van der Waals surface area contributed by atoms with Gasteiger partial charge in [-0.25, -0.2) is 0 Å². The van der Waals surface area contributed by atoms with Gasteiger partial charge in [0, 0.05) is 20.0 Å². The molecule has 0 aromatic heterocycles. The summed E-state index contributed by atoms with van der Waals surface area (Å²) in [6.07, 6.45) is 3.45. The molecule has 5 N–H and O–H groups in total. The number of rotatable bonds is 11. The minimum atomic E-state index is -0.718. The lowest BCUT2D eigenvalue weighted by atomic mass is 10.1. The molecule has 1 aliphatic rings. The number of carbonyl (C=O) groups excluding carboxylic acids is 4. The summed E-state index contributed by atoms with van der Waals surface area (Å²) in [6, 6.07) is -1.21. The zero-order valence-electron chi connectivity index (χ0n) is 15.8. The minimum Gasteiger partial charge on any atom is -0.357 e. The van der Waals surface area contributed by atoms with Crippen LogP contribution >= 0.6 is 12.6 Å². The number of likely N-dealkylation sites (N-methyl/N-ethyl adjacent to an activating group) is 1. The topological polar surface area (TPSA) is 134 Å². The number of carbonyl (C=O) groups is 4. The van der Waals surface area contributed by atoms with Crippen molar-refractivity contribution in [3.8, 4) is 0 Å². The van der Waals surface area contributed by atoms with Gasteiger partial charge < -0.3 is 26.6 Å². The minimum absolute atomic E-state index is 0.203. The molecule has 0 bridgehead atoms. The summed E-state index contributed by atoms with van der Waals surface area (Å²) in [5.41, 5.74) is 5.48. The van der Waals surface area contributed by atoms with E-state index in [0.29, 0.717) is 38.1 Å². The van der Waals surface area contributed by atoms with Gasteiger partial charge in [0.2, 0.25) is 23.6 Å². The molecule has 10 heteroatoms. The molecule has 4 amide bonds. The van der Waals surface area contributed by atoms with Crippen molar-refractivity contribution in [2.75, 3.05) is 32.4 Å². The molecule has 1 heterocycles. The van der Waals surface area contributed by atoms with Crippen LogP contribution in [-0.4, -0.2) is 73.0 Å². The first-order valence-corrected chi connectivity index (χ1v) is 9.96. The number of thiol groups is 1. The lowest BCUT2D eigenvalue weighted by molar-refractivity contribution is -0.138. The normalized spacial score (nSPS) is 17.3. The maximum absolute atomic E-state index is 12.4. The average Bonchev–Trinajstić information content (AvgIpc) is 3.14. The number of hydrogen-bond donors (Lipinski definition) is 5. The Morgan fingerprint density at radius 2 is 2.00 bits per heavy atom. The third-order valence-corrected chi connectivity index (χ3v) is 4.70. The molecular weight excluding hydrogens is 370 g/mol. The Morgan fingerprint density at radius 1 is 1.26 bits per heavy atom. The first-order valence-electron chi connectivity index (χ1n) is 9.33. The fourth-order valence-electron chi connectivity index (χ4n) is 3.02. The first-order chi connectivity index (χ1) is 12.9. The van der Waals surface area contributed by atoms with E-state index in [1.165, 1.54) is 11.9 Å². The van der Waals surface area contributed by atoms with Crippen LogP contribution in [0.2, 0.25) is 0 Å². The number of nitrogens with two attached hydrogens (primary N) is 1. The predicted molar refractivity (Wildman–Crippen MR) is 105 cm³/mol. The molecule has 154 valence electrons.